The van der Waals surface area contributed by atoms with E-state index in [0.29, 0.717) is 37.4 Å². The van der Waals surface area contributed by atoms with Gasteiger partial charge in [-0.25, -0.2) is 0 Å². The highest BCUT2D eigenvalue weighted by molar-refractivity contribution is 5.26. The quantitative estimate of drug-likeness (QED) is 0.414. The maximum absolute atomic E-state index is 10.0. The minimum absolute atomic E-state index is 0.119. The van der Waals surface area contributed by atoms with Gasteiger partial charge in [0.2, 0.25) is 0 Å². The summed E-state index contributed by atoms with van der Waals surface area (Å²) in [5, 5.41) is 20.0. The molecule has 3 rings (SSSR count). The predicted octanol–water partition coefficient (Wildman–Crippen LogP) is 6.17. The molecule has 0 aliphatic heterocycles. The lowest BCUT2D eigenvalue weighted by Crippen LogP contribution is -2.36. The molecule has 0 aromatic heterocycles. The molecule has 2 N–H and O–H groups in total. The van der Waals surface area contributed by atoms with E-state index in [0.717, 1.165) is 18.3 Å². The average Bonchev–Trinajstić information content (AvgIpc) is 3.07. The van der Waals surface area contributed by atoms with Crippen molar-refractivity contribution in [2.45, 2.75) is 116 Å². The lowest BCUT2D eigenvalue weighted by Gasteiger charge is -2.44. The number of aliphatic hydroxyl groups is 2. The van der Waals surface area contributed by atoms with Crippen LogP contribution in [-0.4, -0.2) is 41.9 Å². The van der Waals surface area contributed by atoms with Crippen LogP contribution in [0.3, 0.4) is 0 Å². The number of hydrogen-bond donors (Lipinski definition) is 2. The Morgan fingerprint density at radius 2 is 1.88 bits per heavy atom. The van der Waals surface area contributed by atoms with E-state index in [4.69, 9.17) is 9.47 Å². The highest BCUT2D eigenvalue weighted by Crippen LogP contribution is 2.60. The van der Waals surface area contributed by atoms with E-state index in [1.54, 1.807) is 12.7 Å². The Kier molecular flexibility index (Phi) is 9.05. The van der Waals surface area contributed by atoms with Crippen LogP contribution in [0.5, 0.6) is 0 Å². The van der Waals surface area contributed by atoms with Gasteiger partial charge in [0.05, 0.1) is 17.8 Å². The molecule has 0 aromatic rings. The molecular formula is C28H48O4. The molecule has 0 amide bonds. The van der Waals surface area contributed by atoms with E-state index in [1.807, 2.05) is 0 Å². The summed E-state index contributed by atoms with van der Waals surface area (Å²) < 4.78 is 10.9. The summed E-state index contributed by atoms with van der Waals surface area (Å²) in [4.78, 5) is 0. The SMILES string of the molecule is COCOC(C)(C)CCC[C@@H](C)[C@H]1CC[C@H]2/C(=C/C=C3C[C@@H](O)C[C@H](O)C3)CCC[C@]12C. The second kappa shape index (κ2) is 11.2. The van der Waals surface area contributed by atoms with Gasteiger partial charge in [-0.05, 0) is 94.8 Å². The molecule has 0 saturated heterocycles. The van der Waals surface area contributed by atoms with Gasteiger partial charge in [-0.3, -0.25) is 0 Å². The van der Waals surface area contributed by atoms with E-state index in [2.05, 4.69) is 39.8 Å². The van der Waals surface area contributed by atoms with E-state index < -0.39 is 0 Å². The van der Waals surface area contributed by atoms with Crippen molar-refractivity contribution in [3.8, 4) is 0 Å². The fraction of sp³-hybridized carbons (Fsp3) is 0.857. The van der Waals surface area contributed by atoms with Crippen molar-refractivity contribution in [1.82, 2.24) is 0 Å². The van der Waals surface area contributed by atoms with Gasteiger partial charge < -0.3 is 19.7 Å². The number of allylic oxidation sites excluding steroid dienone is 3. The van der Waals surface area contributed by atoms with E-state index >= 15 is 0 Å². The zero-order valence-corrected chi connectivity index (χ0v) is 21.2. The number of fused-ring (bicyclic) bond motifs is 1. The standard InChI is InChI=1S/C28H48O4/c1-20(8-6-14-27(2,3)32-19-31-5)25-12-13-26-22(9-7-15-28(25,26)4)11-10-21-16-23(29)18-24(30)17-21/h10-11,20,23-26,29-30H,6-9,12-19H2,1-5H3/b22-11+/t20-,23-,24-,25-,26+,28-/m1/s1. The minimum Gasteiger partial charge on any atom is -0.393 e. The van der Waals surface area contributed by atoms with Gasteiger partial charge in [0.15, 0.2) is 0 Å². The molecule has 3 aliphatic carbocycles. The second-order valence-electron chi connectivity index (χ2n) is 11.8. The Labute approximate surface area is 196 Å². The van der Waals surface area contributed by atoms with Crippen molar-refractivity contribution < 1.29 is 19.7 Å². The van der Waals surface area contributed by atoms with E-state index in [-0.39, 0.29) is 17.8 Å². The van der Waals surface area contributed by atoms with Crippen molar-refractivity contribution >= 4 is 0 Å². The Bertz CT molecular complexity index is 654. The Hall–Kier alpha value is -0.680. The lowest BCUT2D eigenvalue weighted by atomic mass is 9.60. The molecule has 0 spiro atoms. The normalized spacial score (nSPS) is 35.7. The fourth-order valence-electron chi connectivity index (χ4n) is 7.09. The molecule has 0 aromatic carbocycles. The van der Waals surface area contributed by atoms with Gasteiger partial charge in [0.25, 0.3) is 0 Å². The molecule has 3 aliphatic rings. The molecule has 4 nitrogen and oxygen atoms in total. The molecular weight excluding hydrogens is 400 g/mol. The summed E-state index contributed by atoms with van der Waals surface area (Å²) in [6, 6.07) is 0. The predicted molar refractivity (Wildman–Crippen MR) is 130 cm³/mol. The van der Waals surface area contributed by atoms with Gasteiger partial charge in [0.1, 0.15) is 6.79 Å². The average molecular weight is 449 g/mol. The zero-order valence-electron chi connectivity index (χ0n) is 21.2. The van der Waals surface area contributed by atoms with Crippen molar-refractivity contribution in [1.29, 1.82) is 0 Å². The monoisotopic (exact) mass is 448 g/mol. The van der Waals surface area contributed by atoms with Crippen LogP contribution in [-0.2, 0) is 9.47 Å². The van der Waals surface area contributed by atoms with E-state index in [9.17, 15) is 10.2 Å². The highest BCUT2D eigenvalue weighted by atomic mass is 16.7. The van der Waals surface area contributed by atoms with Crippen molar-refractivity contribution in [3.63, 3.8) is 0 Å². The van der Waals surface area contributed by atoms with Crippen LogP contribution in [0.1, 0.15) is 98.3 Å². The minimum atomic E-state index is -0.387. The fourth-order valence-corrected chi connectivity index (χ4v) is 7.09. The third-order valence-corrected chi connectivity index (χ3v) is 8.80. The molecule has 6 atom stereocenters. The van der Waals surface area contributed by atoms with Crippen LogP contribution in [0, 0.1) is 23.2 Å². The van der Waals surface area contributed by atoms with Crippen molar-refractivity contribution in [3.05, 3.63) is 23.3 Å². The molecule has 184 valence electrons. The molecule has 32 heavy (non-hydrogen) atoms. The molecule has 0 unspecified atom stereocenters. The Morgan fingerprint density at radius 3 is 2.56 bits per heavy atom. The first-order chi connectivity index (χ1) is 15.1. The second-order valence-corrected chi connectivity index (χ2v) is 11.8. The Morgan fingerprint density at radius 1 is 1.16 bits per heavy atom. The van der Waals surface area contributed by atoms with Crippen LogP contribution < -0.4 is 0 Å². The summed E-state index contributed by atoms with van der Waals surface area (Å²) in [7, 11) is 1.68. The summed E-state index contributed by atoms with van der Waals surface area (Å²) in [5.74, 6) is 2.23. The summed E-state index contributed by atoms with van der Waals surface area (Å²) >= 11 is 0. The highest BCUT2D eigenvalue weighted by Gasteiger charge is 2.50. The van der Waals surface area contributed by atoms with Gasteiger partial charge in [-0.15, -0.1) is 0 Å². The third kappa shape index (κ3) is 6.46. The third-order valence-electron chi connectivity index (χ3n) is 8.80. The molecule has 3 saturated carbocycles. The summed E-state index contributed by atoms with van der Waals surface area (Å²) in [5.41, 5.74) is 3.11. The molecule has 0 bridgehead atoms. The smallest absolute Gasteiger partial charge is 0.147 e. The summed E-state index contributed by atoms with van der Waals surface area (Å²) in [6.45, 7) is 9.74. The maximum atomic E-state index is 10.0. The number of ether oxygens (including phenoxy) is 2. The van der Waals surface area contributed by atoms with Crippen LogP contribution in [0.15, 0.2) is 23.3 Å². The van der Waals surface area contributed by atoms with Gasteiger partial charge in [-0.1, -0.05) is 50.0 Å². The first-order valence-electron chi connectivity index (χ1n) is 13.0. The lowest BCUT2D eigenvalue weighted by molar-refractivity contribution is -0.118. The van der Waals surface area contributed by atoms with Gasteiger partial charge in [0, 0.05) is 7.11 Å². The van der Waals surface area contributed by atoms with Gasteiger partial charge in [-0.2, -0.15) is 0 Å². The number of rotatable bonds is 9. The molecule has 4 heteroatoms. The van der Waals surface area contributed by atoms with E-state index in [1.165, 1.54) is 50.5 Å². The van der Waals surface area contributed by atoms with Crippen LogP contribution in [0.2, 0.25) is 0 Å². The number of aliphatic hydroxyl groups excluding tert-OH is 2. The van der Waals surface area contributed by atoms with Crippen LogP contribution in [0.4, 0.5) is 0 Å². The van der Waals surface area contributed by atoms with Crippen molar-refractivity contribution in [2.75, 3.05) is 13.9 Å². The number of methoxy groups -OCH3 is 1. The first-order valence-corrected chi connectivity index (χ1v) is 13.0. The Balaban J connectivity index is 1.60. The zero-order chi connectivity index (χ0) is 23.4. The van der Waals surface area contributed by atoms with Crippen LogP contribution >= 0.6 is 0 Å². The molecule has 0 heterocycles. The van der Waals surface area contributed by atoms with Gasteiger partial charge >= 0.3 is 0 Å². The summed E-state index contributed by atoms with van der Waals surface area (Å²) in [6.07, 6.45) is 15.8. The molecule has 0 radical (unpaired) electrons. The van der Waals surface area contributed by atoms with Crippen LogP contribution in [0.25, 0.3) is 0 Å². The topological polar surface area (TPSA) is 58.9 Å². The van der Waals surface area contributed by atoms with Crippen molar-refractivity contribution in [2.24, 2.45) is 23.2 Å². The molecule has 3 fully saturated rings. The largest absolute Gasteiger partial charge is 0.393 e. The maximum Gasteiger partial charge on any atom is 0.147 e. The number of hydrogen-bond acceptors (Lipinski definition) is 4. The first kappa shape index (κ1) is 25.9.